The van der Waals surface area contributed by atoms with Crippen LogP contribution in [-0.4, -0.2) is 32.8 Å². The molecule has 8 heteroatoms. The lowest BCUT2D eigenvalue weighted by molar-refractivity contribution is -0.145. The highest BCUT2D eigenvalue weighted by Crippen LogP contribution is 2.23. The topological polar surface area (TPSA) is 83.0 Å². The zero-order chi connectivity index (χ0) is 11.4. The molecule has 0 aromatic carbocycles. The lowest BCUT2D eigenvalue weighted by atomic mass is 10.7. The Morgan fingerprint density at radius 2 is 2.40 bits per heavy atom. The fraction of sp³-hybridized carbons (Fsp3) is 0.571. The number of anilines is 1. The summed E-state index contributed by atoms with van der Waals surface area (Å²) in [6.07, 6.45) is 0. The predicted molar refractivity (Wildman–Crippen MR) is 52.8 cm³/mol. The highest BCUT2D eigenvalue weighted by Gasteiger charge is 2.22. The van der Waals surface area contributed by atoms with Gasteiger partial charge in [0.05, 0.1) is 6.61 Å². The van der Waals surface area contributed by atoms with Crippen molar-refractivity contribution in [1.29, 1.82) is 0 Å². The molecule has 0 bridgehead atoms. The number of nitrogen functional groups attached to an aromatic ring is 1. The van der Waals surface area contributed by atoms with Crippen molar-refractivity contribution in [3.63, 3.8) is 0 Å². The van der Waals surface area contributed by atoms with Crippen LogP contribution in [0.15, 0.2) is 5.16 Å². The summed E-state index contributed by atoms with van der Waals surface area (Å²) >= 11 is 0.607. The van der Waals surface area contributed by atoms with Crippen molar-refractivity contribution in [1.82, 2.24) is 14.8 Å². The van der Waals surface area contributed by atoms with Crippen molar-refractivity contribution in [3.8, 4) is 0 Å². The van der Waals surface area contributed by atoms with Crippen LogP contribution in [0.25, 0.3) is 0 Å². The van der Waals surface area contributed by atoms with Crippen molar-refractivity contribution in [2.24, 2.45) is 7.05 Å². The number of carbonyl (C=O) groups excluding carboxylic acids is 1. The molecule has 0 spiro atoms. The van der Waals surface area contributed by atoms with Crippen LogP contribution in [0.5, 0.6) is 0 Å². The van der Waals surface area contributed by atoms with E-state index in [2.05, 4.69) is 14.9 Å². The van der Waals surface area contributed by atoms with Crippen molar-refractivity contribution < 1.29 is 13.9 Å². The number of hydrogen-bond acceptors (Lipinski definition) is 6. The number of hydrogen-bond donors (Lipinski definition) is 1. The minimum absolute atomic E-state index is 0.140. The van der Waals surface area contributed by atoms with Crippen molar-refractivity contribution in [3.05, 3.63) is 0 Å². The highest BCUT2D eigenvalue weighted by molar-refractivity contribution is 8.00. The predicted octanol–water partition coefficient (Wildman–Crippen LogP) is 0.348. The molecule has 1 heterocycles. The molecule has 0 aliphatic rings. The number of nitrogens with two attached hydrogens (primary N) is 1. The van der Waals surface area contributed by atoms with Gasteiger partial charge in [0, 0.05) is 7.05 Å². The fourth-order valence-electron chi connectivity index (χ4n) is 0.777. The maximum atomic E-state index is 13.2. The second-order valence-electron chi connectivity index (χ2n) is 2.59. The molecule has 84 valence electrons. The van der Waals surface area contributed by atoms with E-state index in [9.17, 15) is 9.18 Å². The molecule has 0 saturated heterocycles. The van der Waals surface area contributed by atoms with Crippen LogP contribution in [0.1, 0.15) is 6.92 Å². The molecular formula is C7H11FN4O2S. The summed E-state index contributed by atoms with van der Waals surface area (Å²) in [5.74, 6) is -0.766. The summed E-state index contributed by atoms with van der Waals surface area (Å²) in [5.41, 5.74) is 3.58. The lowest BCUT2D eigenvalue weighted by Gasteiger charge is -2.06. The molecule has 0 aliphatic carbocycles. The highest BCUT2D eigenvalue weighted by atomic mass is 32.2. The normalized spacial score (nSPS) is 12.5. The molecule has 2 N–H and O–H groups in total. The van der Waals surface area contributed by atoms with Crippen LogP contribution in [-0.2, 0) is 16.6 Å². The van der Waals surface area contributed by atoms with E-state index in [1.807, 2.05) is 0 Å². The van der Waals surface area contributed by atoms with E-state index in [0.29, 0.717) is 11.8 Å². The van der Waals surface area contributed by atoms with Gasteiger partial charge in [0.2, 0.25) is 11.5 Å². The van der Waals surface area contributed by atoms with E-state index in [1.165, 1.54) is 4.57 Å². The maximum Gasteiger partial charge on any atom is 0.351 e. The monoisotopic (exact) mass is 234 g/mol. The smallest absolute Gasteiger partial charge is 0.351 e. The standard InChI is InChI=1S/C7H11FN4O2S/c1-3-14-5(13)4(8)15-7-11-10-6(9)12(7)2/h4H,3H2,1-2H3,(H2,9,10). The molecule has 1 rings (SSSR count). The molecule has 1 aromatic rings. The minimum Gasteiger partial charge on any atom is -0.463 e. The zero-order valence-corrected chi connectivity index (χ0v) is 9.12. The molecule has 0 saturated carbocycles. The third-order valence-corrected chi connectivity index (χ3v) is 2.52. The Kier molecular flexibility index (Phi) is 3.89. The number of thioether (sulfide) groups is 1. The molecule has 1 unspecified atom stereocenters. The van der Waals surface area contributed by atoms with Gasteiger partial charge in [0.25, 0.3) is 0 Å². The third kappa shape index (κ3) is 2.82. The molecule has 0 amide bonds. The summed E-state index contributed by atoms with van der Waals surface area (Å²) in [6, 6.07) is 0. The van der Waals surface area contributed by atoms with E-state index in [4.69, 9.17) is 5.73 Å². The van der Waals surface area contributed by atoms with E-state index < -0.39 is 11.5 Å². The molecule has 0 radical (unpaired) electrons. The third-order valence-electron chi connectivity index (χ3n) is 1.55. The number of halogens is 1. The second-order valence-corrected chi connectivity index (χ2v) is 3.60. The Hall–Kier alpha value is -1.31. The molecule has 1 atom stereocenters. The van der Waals surface area contributed by atoms with Crippen LogP contribution in [0.3, 0.4) is 0 Å². The molecule has 1 aromatic heterocycles. The number of alkyl halides is 1. The fourth-order valence-corrected chi connectivity index (χ4v) is 1.47. The van der Waals surface area contributed by atoms with Crippen LogP contribution in [0.4, 0.5) is 10.3 Å². The van der Waals surface area contributed by atoms with Gasteiger partial charge in [-0.2, -0.15) is 0 Å². The van der Waals surface area contributed by atoms with Gasteiger partial charge in [0.1, 0.15) is 0 Å². The molecule has 6 nitrogen and oxygen atoms in total. The van der Waals surface area contributed by atoms with Crippen molar-refractivity contribution in [2.45, 2.75) is 17.6 Å². The number of rotatable bonds is 4. The first-order valence-corrected chi connectivity index (χ1v) is 5.06. The number of ether oxygens (including phenoxy) is 1. The summed E-state index contributed by atoms with van der Waals surface area (Å²) in [6.45, 7) is 1.75. The van der Waals surface area contributed by atoms with Crippen LogP contribution in [0, 0.1) is 0 Å². The van der Waals surface area contributed by atoms with Gasteiger partial charge in [-0.05, 0) is 18.7 Å². The van der Waals surface area contributed by atoms with E-state index in [-0.39, 0.29) is 17.7 Å². The van der Waals surface area contributed by atoms with Gasteiger partial charge in [-0.3, -0.25) is 4.57 Å². The van der Waals surface area contributed by atoms with Gasteiger partial charge in [0.15, 0.2) is 5.16 Å². The summed E-state index contributed by atoms with van der Waals surface area (Å²) in [5, 5.41) is 7.36. The van der Waals surface area contributed by atoms with Gasteiger partial charge in [-0.1, -0.05) is 0 Å². The Labute approximate surface area is 90.0 Å². The molecular weight excluding hydrogens is 223 g/mol. The quantitative estimate of drug-likeness (QED) is 0.597. The van der Waals surface area contributed by atoms with Gasteiger partial charge >= 0.3 is 5.97 Å². The molecule has 15 heavy (non-hydrogen) atoms. The van der Waals surface area contributed by atoms with Gasteiger partial charge in [-0.15, -0.1) is 10.2 Å². The Morgan fingerprint density at radius 3 is 2.87 bits per heavy atom. The number of nitrogens with zero attached hydrogens (tertiary/aromatic N) is 3. The average Bonchev–Trinajstić information content (AvgIpc) is 2.50. The summed E-state index contributed by atoms with van der Waals surface area (Å²) in [4.78, 5) is 11.0. The Morgan fingerprint density at radius 1 is 1.73 bits per heavy atom. The van der Waals surface area contributed by atoms with E-state index >= 15 is 0 Å². The Bertz CT molecular complexity index is 357. The van der Waals surface area contributed by atoms with Crippen LogP contribution >= 0.6 is 11.8 Å². The minimum atomic E-state index is -1.81. The molecule has 0 aliphatic heterocycles. The number of esters is 1. The van der Waals surface area contributed by atoms with E-state index in [1.54, 1.807) is 14.0 Å². The van der Waals surface area contributed by atoms with Gasteiger partial charge < -0.3 is 10.5 Å². The van der Waals surface area contributed by atoms with Crippen LogP contribution < -0.4 is 5.73 Å². The summed E-state index contributed by atoms with van der Waals surface area (Å²) < 4.78 is 19.1. The average molecular weight is 234 g/mol. The zero-order valence-electron chi connectivity index (χ0n) is 8.31. The number of carbonyl (C=O) groups is 1. The van der Waals surface area contributed by atoms with E-state index in [0.717, 1.165) is 0 Å². The first-order chi connectivity index (χ1) is 7.06. The van der Waals surface area contributed by atoms with Crippen molar-refractivity contribution >= 4 is 23.7 Å². The SMILES string of the molecule is CCOC(=O)C(F)Sc1nnc(N)n1C. The lowest BCUT2D eigenvalue weighted by Crippen LogP contribution is -2.16. The molecule has 0 fully saturated rings. The second kappa shape index (κ2) is 4.96. The number of aromatic nitrogens is 3. The van der Waals surface area contributed by atoms with Gasteiger partial charge in [-0.25, -0.2) is 9.18 Å². The first kappa shape index (κ1) is 11.8. The van der Waals surface area contributed by atoms with Crippen LogP contribution in [0.2, 0.25) is 0 Å². The summed E-state index contributed by atoms with van der Waals surface area (Å²) in [7, 11) is 1.58. The Balaban J connectivity index is 2.62. The first-order valence-electron chi connectivity index (χ1n) is 4.18. The van der Waals surface area contributed by atoms with Crippen molar-refractivity contribution in [2.75, 3.05) is 12.3 Å². The largest absolute Gasteiger partial charge is 0.463 e. The maximum absolute atomic E-state index is 13.2.